The SMILES string of the molecule is Cn1ccnc1C(C)(C)Oc1cccc(C=O)c1. The molecule has 0 saturated heterocycles. The molecule has 1 aromatic carbocycles. The molecule has 0 unspecified atom stereocenters. The number of aryl methyl sites for hydroxylation is 1. The topological polar surface area (TPSA) is 44.1 Å². The number of ether oxygens (including phenoxy) is 1. The largest absolute Gasteiger partial charge is 0.480 e. The minimum atomic E-state index is -0.556. The van der Waals surface area contributed by atoms with Crippen molar-refractivity contribution in [3.63, 3.8) is 0 Å². The van der Waals surface area contributed by atoms with Gasteiger partial charge in [0.25, 0.3) is 0 Å². The number of hydrogen-bond donors (Lipinski definition) is 0. The summed E-state index contributed by atoms with van der Waals surface area (Å²) in [5.74, 6) is 1.49. The second-order valence-corrected chi connectivity index (χ2v) is 4.66. The van der Waals surface area contributed by atoms with Crippen LogP contribution in [0.15, 0.2) is 36.7 Å². The van der Waals surface area contributed by atoms with E-state index in [0.29, 0.717) is 11.3 Å². The fourth-order valence-corrected chi connectivity index (χ4v) is 1.94. The minimum Gasteiger partial charge on any atom is -0.480 e. The van der Waals surface area contributed by atoms with Crippen molar-refractivity contribution < 1.29 is 9.53 Å². The monoisotopic (exact) mass is 244 g/mol. The highest BCUT2D eigenvalue weighted by Crippen LogP contribution is 2.26. The van der Waals surface area contributed by atoms with Gasteiger partial charge in [-0.15, -0.1) is 0 Å². The summed E-state index contributed by atoms with van der Waals surface area (Å²) >= 11 is 0. The third-order valence-corrected chi connectivity index (χ3v) is 2.73. The van der Waals surface area contributed by atoms with Gasteiger partial charge in [-0.2, -0.15) is 0 Å². The van der Waals surface area contributed by atoms with Crippen LogP contribution in [0, 0.1) is 0 Å². The highest BCUT2D eigenvalue weighted by molar-refractivity contribution is 5.75. The molecule has 1 heterocycles. The lowest BCUT2D eigenvalue weighted by Crippen LogP contribution is -2.29. The highest BCUT2D eigenvalue weighted by atomic mass is 16.5. The molecular formula is C14H16N2O2. The predicted octanol–water partition coefficient (Wildman–Crippen LogP) is 2.55. The Morgan fingerprint density at radius 2 is 2.17 bits per heavy atom. The van der Waals surface area contributed by atoms with Crippen molar-refractivity contribution in [3.05, 3.63) is 48.0 Å². The van der Waals surface area contributed by atoms with Gasteiger partial charge in [0.15, 0.2) is 11.4 Å². The Balaban J connectivity index is 2.27. The summed E-state index contributed by atoms with van der Waals surface area (Å²) in [6, 6.07) is 7.09. The van der Waals surface area contributed by atoms with Gasteiger partial charge in [0.05, 0.1) is 0 Å². The van der Waals surface area contributed by atoms with E-state index in [1.54, 1.807) is 24.4 Å². The summed E-state index contributed by atoms with van der Waals surface area (Å²) in [4.78, 5) is 15.0. The van der Waals surface area contributed by atoms with Crippen LogP contribution in [0.1, 0.15) is 30.0 Å². The molecule has 94 valence electrons. The molecule has 0 spiro atoms. The molecule has 1 aromatic heterocycles. The van der Waals surface area contributed by atoms with Crippen LogP contribution in [-0.4, -0.2) is 15.8 Å². The maximum absolute atomic E-state index is 10.7. The lowest BCUT2D eigenvalue weighted by molar-refractivity contribution is 0.0949. The molecule has 0 aliphatic carbocycles. The average Bonchev–Trinajstić information content (AvgIpc) is 2.76. The van der Waals surface area contributed by atoms with E-state index >= 15 is 0 Å². The normalized spacial score (nSPS) is 11.3. The molecule has 0 fully saturated rings. The van der Waals surface area contributed by atoms with E-state index in [2.05, 4.69) is 4.98 Å². The number of aromatic nitrogens is 2. The van der Waals surface area contributed by atoms with Gasteiger partial charge in [-0.1, -0.05) is 12.1 Å². The van der Waals surface area contributed by atoms with Crippen LogP contribution < -0.4 is 4.74 Å². The molecule has 2 aromatic rings. The molecule has 0 saturated carbocycles. The minimum absolute atomic E-state index is 0.556. The van der Waals surface area contributed by atoms with E-state index in [0.717, 1.165) is 12.1 Å². The van der Waals surface area contributed by atoms with E-state index in [9.17, 15) is 4.79 Å². The average molecular weight is 244 g/mol. The van der Waals surface area contributed by atoms with Gasteiger partial charge in [-0.3, -0.25) is 4.79 Å². The van der Waals surface area contributed by atoms with E-state index in [4.69, 9.17) is 4.74 Å². The summed E-state index contributed by atoms with van der Waals surface area (Å²) in [7, 11) is 1.93. The van der Waals surface area contributed by atoms with E-state index in [-0.39, 0.29) is 0 Å². The first-order valence-corrected chi connectivity index (χ1v) is 5.75. The Bertz CT molecular complexity index is 558. The number of carbonyl (C=O) groups excluding carboxylic acids is 1. The van der Waals surface area contributed by atoms with E-state index in [1.807, 2.05) is 37.7 Å². The first kappa shape index (κ1) is 12.4. The number of rotatable bonds is 4. The molecule has 0 atom stereocenters. The molecule has 4 nitrogen and oxygen atoms in total. The Morgan fingerprint density at radius 1 is 1.39 bits per heavy atom. The zero-order chi connectivity index (χ0) is 13.2. The lowest BCUT2D eigenvalue weighted by atomic mass is 10.1. The zero-order valence-electron chi connectivity index (χ0n) is 10.8. The molecule has 2 rings (SSSR count). The Kier molecular flexibility index (Phi) is 3.19. The van der Waals surface area contributed by atoms with E-state index < -0.39 is 5.60 Å². The van der Waals surface area contributed by atoms with E-state index in [1.165, 1.54) is 0 Å². The van der Waals surface area contributed by atoms with Crippen molar-refractivity contribution >= 4 is 6.29 Å². The molecule has 0 N–H and O–H groups in total. The van der Waals surface area contributed by atoms with Gasteiger partial charge < -0.3 is 9.30 Å². The number of aldehydes is 1. The number of nitrogens with zero attached hydrogens (tertiary/aromatic N) is 2. The maximum Gasteiger partial charge on any atom is 0.161 e. The smallest absolute Gasteiger partial charge is 0.161 e. The number of imidazole rings is 1. The molecule has 0 amide bonds. The van der Waals surface area contributed by atoms with Crippen molar-refractivity contribution in [2.24, 2.45) is 7.05 Å². The van der Waals surface area contributed by atoms with Crippen LogP contribution in [0.4, 0.5) is 0 Å². The summed E-state index contributed by atoms with van der Waals surface area (Å²) in [6.45, 7) is 3.89. The summed E-state index contributed by atoms with van der Waals surface area (Å²) < 4.78 is 7.85. The molecule has 0 radical (unpaired) electrons. The number of carbonyl (C=O) groups is 1. The van der Waals surface area contributed by atoms with Crippen LogP contribution in [-0.2, 0) is 12.6 Å². The van der Waals surface area contributed by atoms with Crippen LogP contribution in [0.2, 0.25) is 0 Å². The van der Waals surface area contributed by atoms with Gasteiger partial charge in [-0.05, 0) is 26.0 Å². The summed E-state index contributed by atoms with van der Waals surface area (Å²) in [6.07, 6.45) is 4.42. The standard InChI is InChI=1S/C14H16N2O2/c1-14(2,13-15-7-8-16(13)3)18-12-6-4-5-11(9-12)10-17/h4-10H,1-3H3. The molecule has 4 heteroatoms. The Morgan fingerprint density at radius 3 is 2.78 bits per heavy atom. The summed E-state index contributed by atoms with van der Waals surface area (Å²) in [5.41, 5.74) is 0.0443. The Labute approximate surface area is 106 Å². The van der Waals surface area contributed by atoms with Crippen molar-refractivity contribution in [1.29, 1.82) is 0 Å². The number of benzene rings is 1. The maximum atomic E-state index is 10.7. The molecule has 0 bridgehead atoms. The van der Waals surface area contributed by atoms with Crippen molar-refractivity contribution in [2.75, 3.05) is 0 Å². The third-order valence-electron chi connectivity index (χ3n) is 2.73. The van der Waals surface area contributed by atoms with Crippen LogP contribution in [0.3, 0.4) is 0 Å². The lowest BCUT2D eigenvalue weighted by Gasteiger charge is -2.26. The first-order valence-electron chi connectivity index (χ1n) is 5.75. The second-order valence-electron chi connectivity index (χ2n) is 4.66. The van der Waals surface area contributed by atoms with Gasteiger partial charge in [0.2, 0.25) is 0 Å². The number of hydrogen-bond acceptors (Lipinski definition) is 3. The second kappa shape index (κ2) is 4.64. The van der Waals surface area contributed by atoms with Gasteiger partial charge in [0.1, 0.15) is 12.0 Å². The van der Waals surface area contributed by atoms with Gasteiger partial charge in [0, 0.05) is 25.0 Å². The fraction of sp³-hybridized carbons (Fsp3) is 0.286. The predicted molar refractivity (Wildman–Crippen MR) is 68.7 cm³/mol. The van der Waals surface area contributed by atoms with Crippen molar-refractivity contribution in [1.82, 2.24) is 9.55 Å². The highest BCUT2D eigenvalue weighted by Gasteiger charge is 2.27. The fourth-order valence-electron chi connectivity index (χ4n) is 1.94. The van der Waals surface area contributed by atoms with Crippen LogP contribution in [0.25, 0.3) is 0 Å². The quantitative estimate of drug-likeness (QED) is 0.776. The van der Waals surface area contributed by atoms with Crippen molar-refractivity contribution in [2.45, 2.75) is 19.4 Å². The molecule has 0 aliphatic rings. The molecular weight excluding hydrogens is 228 g/mol. The Hall–Kier alpha value is -2.10. The van der Waals surface area contributed by atoms with Crippen LogP contribution in [0.5, 0.6) is 5.75 Å². The molecule has 18 heavy (non-hydrogen) atoms. The van der Waals surface area contributed by atoms with Gasteiger partial charge in [-0.25, -0.2) is 4.98 Å². The van der Waals surface area contributed by atoms with Gasteiger partial charge >= 0.3 is 0 Å². The first-order chi connectivity index (χ1) is 8.53. The zero-order valence-corrected chi connectivity index (χ0v) is 10.8. The van der Waals surface area contributed by atoms with Crippen LogP contribution >= 0.6 is 0 Å². The van der Waals surface area contributed by atoms with Crippen molar-refractivity contribution in [3.8, 4) is 5.75 Å². The molecule has 0 aliphatic heterocycles. The third kappa shape index (κ3) is 2.42. The summed E-state index contributed by atoms with van der Waals surface area (Å²) in [5, 5.41) is 0.